The Bertz CT molecular complexity index is 722. The second kappa shape index (κ2) is 6.87. The molecule has 1 amide bonds. The van der Waals surface area contributed by atoms with Gasteiger partial charge in [0.1, 0.15) is 5.75 Å². The van der Waals surface area contributed by atoms with Crippen LogP contribution in [0, 0.1) is 0 Å². The minimum Gasteiger partial charge on any atom is -0.508 e. The van der Waals surface area contributed by atoms with E-state index in [1.165, 1.54) is 6.08 Å². The van der Waals surface area contributed by atoms with Crippen LogP contribution in [0.5, 0.6) is 17.2 Å². The number of phenolic OH excluding ortho intramolecular Hbond substituents is 1. The van der Waals surface area contributed by atoms with Crippen LogP contribution in [0.2, 0.25) is 0 Å². The number of nitrogens with one attached hydrogen (secondary N) is 1. The zero-order valence-corrected chi connectivity index (χ0v) is 12.5. The fraction of sp³-hybridized carbons (Fsp3) is 0.167. The molecule has 3 rings (SSSR count). The predicted octanol–water partition coefficient (Wildman–Crippen LogP) is 2.49. The monoisotopic (exact) mass is 311 g/mol. The first kappa shape index (κ1) is 15.0. The smallest absolute Gasteiger partial charge is 0.244 e. The van der Waals surface area contributed by atoms with Gasteiger partial charge < -0.3 is 19.9 Å². The van der Waals surface area contributed by atoms with Crippen LogP contribution in [0.25, 0.3) is 6.08 Å². The highest BCUT2D eigenvalue weighted by molar-refractivity contribution is 5.91. The molecule has 23 heavy (non-hydrogen) atoms. The average Bonchev–Trinajstić information content (AvgIpc) is 3.02. The fourth-order valence-electron chi connectivity index (χ4n) is 2.24. The fourth-order valence-corrected chi connectivity index (χ4v) is 2.24. The van der Waals surface area contributed by atoms with Crippen molar-refractivity contribution in [3.63, 3.8) is 0 Å². The Morgan fingerprint density at radius 2 is 1.91 bits per heavy atom. The molecule has 0 saturated carbocycles. The van der Waals surface area contributed by atoms with E-state index in [4.69, 9.17) is 9.47 Å². The molecule has 1 aliphatic rings. The van der Waals surface area contributed by atoms with Gasteiger partial charge in [0.2, 0.25) is 12.7 Å². The van der Waals surface area contributed by atoms with Gasteiger partial charge in [-0.15, -0.1) is 0 Å². The van der Waals surface area contributed by atoms with Crippen LogP contribution in [-0.2, 0) is 11.2 Å². The lowest BCUT2D eigenvalue weighted by Gasteiger charge is -2.03. The van der Waals surface area contributed by atoms with Crippen LogP contribution in [-0.4, -0.2) is 24.4 Å². The van der Waals surface area contributed by atoms with Gasteiger partial charge in [0.15, 0.2) is 11.5 Å². The highest BCUT2D eigenvalue weighted by Crippen LogP contribution is 2.32. The number of hydrogen-bond acceptors (Lipinski definition) is 4. The number of benzene rings is 2. The van der Waals surface area contributed by atoms with Gasteiger partial charge in [-0.05, 0) is 47.9 Å². The van der Waals surface area contributed by atoms with E-state index in [0.717, 1.165) is 16.9 Å². The molecule has 0 aliphatic carbocycles. The molecular weight excluding hydrogens is 294 g/mol. The maximum absolute atomic E-state index is 11.8. The Morgan fingerprint density at radius 1 is 1.13 bits per heavy atom. The van der Waals surface area contributed by atoms with Gasteiger partial charge in [0, 0.05) is 12.6 Å². The molecule has 5 heteroatoms. The van der Waals surface area contributed by atoms with Gasteiger partial charge in [-0.1, -0.05) is 18.2 Å². The number of rotatable bonds is 5. The standard InChI is InChI=1S/C18H17NO4/c20-15-5-1-13(2-6-15)9-10-19-18(21)8-4-14-3-7-16-17(11-14)23-12-22-16/h1-8,11,20H,9-10,12H2,(H,19,21). The number of hydrogen-bond donors (Lipinski definition) is 2. The largest absolute Gasteiger partial charge is 0.508 e. The molecular formula is C18H17NO4. The molecule has 0 radical (unpaired) electrons. The summed E-state index contributed by atoms with van der Waals surface area (Å²) in [6.07, 6.45) is 3.94. The van der Waals surface area contributed by atoms with Gasteiger partial charge >= 0.3 is 0 Å². The molecule has 0 bridgehead atoms. The van der Waals surface area contributed by atoms with Crippen LogP contribution in [0.3, 0.4) is 0 Å². The molecule has 1 aliphatic heterocycles. The molecule has 2 aromatic carbocycles. The Kier molecular flexibility index (Phi) is 4.47. The summed E-state index contributed by atoms with van der Waals surface area (Å²) in [5.41, 5.74) is 1.94. The molecule has 118 valence electrons. The molecule has 5 nitrogen and oxygen atoms in total. The van der Waals surface area contributed by atoms with E-state index in [-0.39, 0.29) is 18.4 Å². The third kappa shape index (κ3) is 4.03. The zero-order chi connectivity index (χ0) is 16.1. The molecule has 1 heterocycles. The van der Waals surface area contributed by atoms with E-state index in [2.05, 4.69) is 5.32 Å². The molecule has 2 N–H and O–H groups in total. The summed E-state index contributed by atoms with van der Waals surface area (Å²) >= 11 is 0. The summed E-state index contributed by atoms with van der Waals surface area (Å²) in [6, 6.07) is 12.5. The second-order valence-corrected chi connectivity index (χ2v) is 5.15. The van der Waals surface area contributed by atoms with E-state index in [0.29, 0.717) is 18.7 Å². The van der Waals surface area contributed by atoms with Crippen molar-refractivity contribution in [1.82, 2.24) is 5.32 Å². The summed E-state index contributed by atoms with van der Waals surface area (Å²) in [5, 5.41) is 12.0. The third-order valence-corrected chi connectivity index (χ3v) is 3.47. The number of carbonyl (C=O) groups excluding carboxylic acids is 1. The number of carbonyl (C=O) groups is 1. The van der Waals surface area contributed by atoms with E-state index < -0.39 is 0 Å². The third-order valence-electron chi connectivity index (χ3n) is 3.47. The summed E-state index contributed by atoms with van der Waals surface area (Å²) in [4.78, 5) is 11.8. The average molecular weight is 311 g/mol. The maximum Gasteiger partial charge on any atom is 0.244 e. The van der Waals surface area contributed by atoms with Crippen LogP contribution < -0.4 is 14.8 Å². The zero-order valence-electron chi connectivity index (χ0n) is 12.5. The van der Waals surface area contributed by atoms with Crippen molar-refractivity contribution in [2.45, 2.75) is 6.42 Å². The van der Waals surface area contributed by atoms with E-state index in [1.54, 1.807) is 18.2 Å². The lowest BCUT2D eigenvalue weighted by Crippen LogP contribution is -2.23. The summed E-state index contributed by atoms with van der Waals surface area (Å²) in [5.74, 6) is 1.51. The number of amides is 1. The number of phenols is 1. The topological polar surface area (TPSA) is 67.8 Å². The van der Waals surface area contributed by atoms with Crippen LogP contribution in [0.15, 0.2) is 48.5 Å². The Hall–Kier alpha value is -2.95. The first-order valence-electron chi connectivity index (χ1n) is 7.34. The first-order chi connectivity index (χ1) is 11.2. The van der Waals surface area contributed by atoms with Crippen molar-refractivity contribution in [3.8, 4) is 17.2 Å². The SMILES string of the molecule is O=C(C=Cc1ccc2c(c1)OCO2)NCCc1ccc(O)cc1. The van der Waals surface area contributed by atoms with E-state index >= 15 is 0 Å². The molecule has 2 aromatic rings. The number of fused-ring (bicyclic) bond motifs is 1. The van der Waals surface area contributed by atoms with Gasteiger partial charge in [-0.25, -0.2) is 0 Å². The number of ether oxygens (including phenoxy) is 2. The molecule has 0 unspecified atom stereocenters. The molecule has 0 atom stereocenters. The van der Waals surface area contributed by atoms with Crippen LogP contribution in [0.1, 0.15) is 11.1 Å². The highest BCUT2D eigenvalue weighted by Gasteiger charge is 2.12. The summed E-state index contributed by atoms with van der Waals surface area (Å²) < 4.78 is 10.5. The molecule has 0 aromatic heterocycles. The van der Waals surface area contributed by atoms with Gasteiger partial charge in [0.05, 0.1) is 0 Å². The van der Waals surface area contributed by atoms with Gasteiger partial charge in [-0.2, -0.15) is 0 Å². The normalized spacial score (nSPS) is 12.5. The van der Waals surface area contributed by atoms with Gasteiger partial charge in [-0.3, -0.25) is 4.79 Å². The second-order valence-electron chi connectivity index (χ2n) is 5.15. The van der Waals surface area contributed by atoms with Crippen LogP contribution in [0.4, 0.5) is 0 Å². The van der Waals surface area contributed by atoms with Crippen molar-refractivity contribution in [2.24, 2.45) is 0 Å². The lowest BCUT2D eigenvalue weighted by molar-refractivity contribution is -0.116. The Labute approximate surface area is 134 Å². The van der Waals surface area contributed by atoms with Crippen molar-refractivity contribution in [3.05, 3.63) is 59.7 Å². The van der Waals surface area contributed by atoms with Crippen molar-refractivity contribution in [2.75, 3.05) is 13.3 Å². The van der Waals surface area contributed by atoms with E-state index in [1.807, 2.05) is 30.3 Å². The molecule has 0 spiro atoms. The minimum absolute atomic E-state index is 0.151. The summed E-state index contributed by atoms with van der Waals surface area (Å²) in [7, 11) is 0. The van der Waals surface area contributed by atoms with Crippen molar-refractivity contribution in [1.29, 1.82) is 0 Å². The first-order valence-corrected chi connectivity index (χ1v) is 7.34. The molecule has 0 fully saturated rings. The van der Waals surface area contributed by atoms with Gasteiger partial charge in [0.25, 0.3) is 0 Å². The Balaban J connectivity index is 1.48. The van der Waals surface area contributed by atoms with Crippen molar-refractivity contribution >= 4 is 12.0 Å². The molecule has 0 saturated heterocycles. The Morgan fingerprint density at radius 3 is 2.74 bits per heavy atom. The highest BCUT2D eigenvalue weighted by atomic mass is 16.7. The summed E-state index contributed by atoms with van der Waals surface area (Å²) in [6.45, 7) is 0.773. The van der Waals surface area contributed by atoms with E-state index in [9.17, 15) is 9.90 Å². The van der Waals surface area contributed by atoms with Crippen molar-refractivity contribution < 1.29 is 19.4 Å². The lowest BCUT2D eigenvalue weighted by atomic mass is 10.1. The van der Waals surface area contributed by atoms with Crippen LogP contribution >= 0.6 is 0 Å². The predicted molar refractivity (Wildman–Crippen MR) is 86.4 cm³/mol. The minimum atomic E-state index is -0.151. The maximum atomic E-state index is 11.8. The quantitative estimate of drug-likeness (QED) is 0.833. The number of aromatic hydroxyl groups is 1.